The van der Waals surface area contributed by atoms with E-state index >= 15 is 0 Å². The van der Waals surface area contributed by atoms with Crippen molar-refractivity contribution in [3.8, 4) is 5.75 Å². The van der Waals surface area contributed by atoms with Crippen LogP contribution in [0.4, 0.5) is 4.79 Å². The Labute approximate surface area is 217 Å². The number of carbonyl (C=O) groups is 2. The first-order valence-corrected chi connectivity index (χ1v) is 12.2. The minimum absolute atomic E-state index is 0.123. The summed E-state index contributed by atoms with van der Waals surface area (Å²) < 4.78 is 11.2. The molecule has 0 aliphatic rings. The number of benzene rings is 4. The van der Waals surface area contributed by atoms with E-state index in [-0.39, 0.29) is 12.5 Å². The molecule has 2 N–H and O–H groups in total. The average Bonchev–Trinajstić information content (AvgIpc) is 2.96. The van der Waals surface area contributed by atoms with Gasteiger partial charge in [0.2, 0.25) is 5.91 Å². The van der Waals surface area contributed by atoms with Crippen LogP contribution in [0.15, 0.2) is 115 Å². The molecule has 188 valence electrons. The van der Waals surface area contributed by atoms with Crippen molar-refractivity contribution < 1.29 is 19.1 Å². The average molecular weight is 495 g/mol. The predicted molar refractivity (Wildman–Crippen MR) is 143 cm³/mol. The van der Waals surface area contributed by atoms with Gasteiger partial charge in [0.25, 0.3) is 0 Å². The SMILES string of the molecule is O=C(N[C@H](Cc1ccc(OCc2ccccc2)cc1)C(=O)NCc1ccccc1)OCc1ccccc1. The van der Waals surface area contributed by atoms with Crippen LogP contribution < -0.4 is 15.4 Å². The zero-order chi connectivity index (χ0) is 25.7. The molecule has 0 unspecified atom stereocenters. The van der Waals surface area contributed by atoms with Crippen LogP contribution >= 0.6 is 0 Å². The highest BCUT2D eigenvalue weighted by atomic mass is 16.5. The highest BCUT2D eigenvalue weighted by molar-refractivity contribution is 5.85. The Bertz CT molecular complexity index is 1250. The minimum Gasteiger partial charge on any atom is -0.489 e. The lowest BCUT2D eigenvalue weighted by Gasteiger charge is -2.19. The van der Waals surface area contributed by atoms with E-state index < -0.39 is 12.1 Å². The second kappa shape index (κ2) is 13.5. The van der Waals surface area contributed by atoms with E-state index in [4.69, 9.17) is 9.47 Å². The van der Waals surface area contributed by atoms with Crippen LogP contribution in [0.25, 0.3) is 0 Å². The lowest BCUT2D eigenvalue weighted by molar-refractivity contribution is -0.123. The van der Waals surface area contributed by atoms with Crippen molar-refractivity contribution in [2.75, 3.05) is 0 Å². The number of hydrogen-bond donors (Lipinski definition) is 2. The van der Waals surface area contributed by atoms with Crippen LogP contribution in [-0.4, -0.2) is 18.0 Å². The summed E-state index contributed by atoms with van der Waals surface area (Å²) in [6, 6.07) is 35.7. The first-order valence-electron chi connectivity index (χ1n) is 12.2. The maximum Gasteiger partial charge on any atom is 0.408 e. The Kier molecular flexibility index (Phi) is 9.30. The standard InChI is InChI=1S/C31H30N2O4/c34-30(32-21-25-10-4-1-5-11-25)29(33-31(35)37-23-27-14-8-3-9-15-27)20-24-16-18-28(19-17-24)36-22-26-12-6-2-7-13-26/h1-19,29H,20-23H2,(H,32,34)(H,33,35)/t29-/m1/s1. The van der Waals surface area contributed by atoms with Gasteiger partial charge >= 0.3 is 6.09 Å². The van der Waals surface area contributed by atoms with Gasteiger partial charge in [-0.05, 0) is 34.4 Å². The molecule has 4 aromatic rings. The smallest absolute Gasteiger partial charge is 0.408 e. The molecule has 6 heteroatoms. The van der Waals surface area contributed by atoms with Crippen molar-refractivity contribution in [1.29, 1.82) is 0 Å². The third-order valence-electron chi connectivity index (χ3n) is 5.74. The number of amides is 2. The van der Waals surface area contributed by atoms with Crippen molar-refractivity contribution in [3.05, 3.63) is 138 Å². The lowest BCUT2D eigenvalue weighted by Crippen LogP contribution is -2.48. The van der Waals surface area contributed by atoms with Gasteiger partial charge < -0.3 is 20.1 Å². The van der Waals surface area contributed by atoms with Crippen molar-refractivity contribution in [3.63, 3.8) is 0 Å². The van der Waals surface area contributed by atoms with Crippen molar-refractivity contribution in [2.24, 2.45) is 0 Å². The Balaban J connectivity index is 1.36. The molecule has 0 radical (unpaired) electrons. The fourth-order valence-electron chi connectivity index (χ4n) is 3.72. The normalized spacial score (nSPS) is 11.2. The maximum atomic E-state index is 13.1. The summed E-state index contributed by atoms with van der Waals surface area (Å²) >= 11 is 0. The van der Waals surface area contributed by atoms with Crippen molar-refractivity contribution in [1.82, 2.24) is 10.6 Å². The van der Waals surface area contributed by atoms with Gasteiger partial charge in [0.05, 0.1) is 0 Å². The Morgan fingerprint density at radius 2 is 1.16 bits per heavy atom. The summed E-state index contributed by atoms with van der Waals surface area (Å²) in [5.41, 5.74) is 3.81. The van der Waals surface area contributed by atoms with Gasteiger partial charge in [-0.25, -0.2) is 4.79 Å². The number of nitrogens with one attached hydrogen (secondary N) is 2. The highest BCUT2D eigenvalue weighted by Crippen LogP contribution is 2.16. The third-order valence-corrected chi connectivity index (χ3v) is 5.74. The number of alkyl carbamates (subject to hydrolysis) is 1. The molecule has 1 atom stereocenters. The topological polar surface area (TPSA) is 76.7 Å². The van der Waals surface area contributed by atoms with Crippen molar-refractivity contribution in [2.45, 2.75) is 32.2 Å². The summed E-state index contributed by atoms with van der Waals surface area (Å²) in [5, 5.41) is 5.64. The zero-order valence-corrected chi connectivity index (χ0v) is 20.5. The summed E-state index contributed by atoms with van der Waals surface area (Å²) in [4.78, 5) is 25.6. The monoisotopic (exact) mass is 494 g/mol. The Hall–Kier alpha value is -4.58. The molecule has 4 rings (SSSR count). The highest BCUT2D eigenvalue weighted by Gasteiger charge is 2.22. The van der Waals surface area contributed by atoms with Crippen LogP contribution in [0.1, 0.15) is 22.3 Å². The molecule has 37 heavy (non-hydrogen) atoms. The molecule has 0 heterocycles. The van der Waals surface area contributed by atoms with Crippen LogP contribution in [0.5, 0.6) is 5.75 Å². The number of hydrogen-bond acceptors (Lipinski definition) is 4. The molecular formula is C31H30N2O4. The van der Waals surface area contributed by atoms with Gasteiger partial charge in [-0.1, -0.05) is 103 Å². The Morgan fingerprint density at radius 3 is 1.76 bits per heavy atom. The van der Waals surface area contributed by atoms with E-state index in [2.05, 4.69) is 10.6 Å². The van der Waals surface area contributed by atoms with Gasteiger partial charge in [0, 0.05) is 13.0 Å². The van der Waals surface area contributed by atoms with Gasteiger partial charge in [-0.15, -0.1) is 0 Å². The van der Waals surface area contributed by atoms with Crippen LogP contribution in [0.2, 0.25) is 0 Å². The first-order chi connectivity index (χ1) is 18.2. The van der Waals surface area contributed by atoms with E-state index in [0.29, 0.717) is 19.6 Å². The van der Waals surface area contributed by atoms with E-state index in [0.717, 1.165) is 28.0 Å². The fraction of sp³-hybridized carbons (Fsp3) is 0.161. The molecule has 2 amide bonds. The summed E-state index contributed by atoms with van der Waals surface area (Å²) in [6.07, 6.45) is -0.341. The number of ether oxygens (including phenoxy) is 2. The summed E-state index contributed by atoms with van der Waals surface area (Å²) in [6.45, 7) is 0.959. The summed E-state index contributed by atoms with van der Waals surface area (Å²) in [5.74, 6) is 0.442. The van der Waals surface area contributed by atoms with E-state index in [1.54, 1.807) is 0 Å². The Morgan fingerprint density at radius 1 is 0.622 bits per heavy atom. The van der Waals surface area contributed by atoms with Crippen molar-refractivity contribution >= 4 is 12.0 Å². The molecule has 0 saturated heterocycles. The second-order valence-corrected chi connectivity index (χ2v) is 8.58. The second-order valence-electron chi connectivity index (χ2n) is 8.58. The maximum absolute atomic E-state index is 13.1. The molecule has 0 bridgehead atoms. The van der Waals surface area contributed by atoms with E-state index in [1.165, 1.54) is 0 Å². The third kappa shape index (κ3) is 8.54. The molecule has 0 fully saturated rings. The van der Waals surface area contributed by atoms with E-state index in [9.17, 15) is 9.59 Å². The minimum atomic E-state index is -0.803. The molecule has 0 aliphatic heterocycles. The molecule has 4 aromatic carbocycles. The molecule has 6 nitrogen and oxygen atoms in total. The lowest BCUT2D eigenvalue weighted by atomic mass is 10.0. The molecule has 0 aromatic heterocycles. The van der Waals surface area contributed by atoms with Crippen LogP contribution in [0, 0.1) is 0 Å². The molecular weight excluding hydrogens is 464 g/mol. The fourth-order valence-corrected chi connectivity index (χ4v) is 3.72. The van der Waals surface area contributed by atoms with Gasteiger partial charge in [0.1, 0.15) is 25.0 Å². The van der Waals surface area contributed by atoms with Gasteiger partial charge in [-0.2, -0.15) is 0 Å². The molecule has 0 saturated carbocycles. The number of carbonyl (C=O) groups excluding carboxylic acids is 2. The van der Waals surface area contributed by atoms with Crippen LogP contribution in [0.3, 0.4) is 0 Å². The molecule has 0 spiro atoms. The van der Waals surface area contributed by atoms with Gasteiger partial charge in [-0.3, -0.25) is 4.79 Å². The number of rotatable bonds is 11. The molecule has 0 aliphatic carbocycles. The van der Waals surface area contributed by atoms with Gasteiger partial charge in [0.15, 0.2) is 0 Å². The zero-order valence-electron chi connectivity index (χ0n) is 20.5. The largest absolute Gasteiger partial charge is 0.489 e. The van der Waals surface area contributed by atoms with Crippen LogP contribution in [-0.2, 0) is 35.7 Å². The quantitative estimate of drug-likeness (QED) is 0.292. The van der Waals surface area contributed by atoms with E-state index in [1.807, 2.05) is 115 Å². The first kappa shape index (κ1) is 25.5. The predicted octanol–water partition coefficient (Wildman–Crippen LogP) is 5.42. The summed E-state index contributed by atoms with van der Waals surface area (Å²) in [7, 11) is 0.